The van der Waals surface area contributed by atoms with Crippen LogP contribution in [0.25, 0.3) is 33.0 Å². The lowest BCUT2D eigenvalue weighted by molar-refractivity contribution is 0.102. The molecule has 5 aromatic rings. The molecule has 1 amide bonds. The van der Waals surface area contributed by atoms with E-state index in [1.54, 1.807) is 51.1 Å². The quantitative estimate of drug-likeness (QED) is 0.360. The number of rotatable bonds is 6. The van der Waals surface area contributed by atoms with Gasteiger partial charge in [0.15, 0.2) is 15.6 Å². The fraction of sp³-hybridized carbons (Fsp3) is 0.160. The van der Waals surface area contributed by atoms with Crippen LogP contribution >= 0.6 is 11.3 Å². The Balaban J connectivity index is 1.46. The Kier molecular flexibility index (Phi) is 6.21. The molecule has 0 aromatic carbocycles. The first-order valence-electron chi connectivity index (χ1n) is 10.9. The van der Waals surface area contributed by atoms with Crippen LogP contribution in [0.1, 0.15) is 21.7 Å². The number of aromatic nitrogens is 6. The summed E-state index contributed by atoms with van der Waals surface area (Å²) in [6.45, 7) is 3.75. The molecule has 5 aromatic heterocycles. The first kappa shape index (κ1) is 23.2. The average molecular weight is 500 g/mol. The Morgan fingerprint density at radius 1 is 0.833 bits per heavy atom. The average Bonchev–Trinajstić information content (AvgIpc) is 3.30. The van der Waals surface area contributed by atoms with Crippen molar-refractivity contribution in [3.05, 3.63) is 66.0 Å². The Morgan fingerprint density at radius 2 is 1.61 bits per heavy atom. The number of fused-ring (bicyclic) bond motifs is 1. The lowest BCUT2D eigenvalue weighted by Crippen LogP contribution is -2.14. The summed E-state index contributed by atoms with van der Waals surface area (Å²) in [4.78, 5) is 40.3. The zero-order chi connectivity index (χ0) is 25.2. The Labute approximate surface area is 210 Å². The number of amides is 1. The minimum Gasteiger partial charge on any atom is -0.495 e. The molecular weight excluding hydrogens is 478 g/mol. The second-order valence-electron chi connectivity index (χ2n) is 7.84. The molecule has 0 saturated heterocycles. The third-order valence-corrected chi connectivity index (χ3v) is 6.23. The first-order valence-corrected chi connectivity index (χ1v) is 11.7. The van der Waals surface area contributed by atoms with Gasteiger partial charge in [0.05, 0.1) is 44.1 Å². The maximum absolute atomic E-state index is 13.3. The number of anilines is 1. The van der Waals surface area contributed by atoms with Gasteiger partial charge >= 0.3 is 0 Å². The largest absolute Gasteiger partial charge is 0.495 e. The highest BCUT2D eigenvalue weighted by molar-refractivity contribution is 7.21. The van der Waals surface area contributed by atoms with E-state index in [0.29, 0.717) is 49.6 Å². The van der Waals surface area contributed by atoms with Crippen molar-refractivity contribution in [1.82, 2.24) is 29.9 Å². The van der Waals surface area contributed by atoms with Crippen LogP contribution in [0, 0.1) is 13.8 Å². The van der Waals surface area contributed by atoms with Gasteiger partial charge in [-0.15, -0.1) is 0 Å². The number of hydrogen-bond acceptors (Lipinski definition) is 10. The molecule has 0 aliphatic carbocycles. The molecule has 0 aliphatic rings. The summed E-state index contributed by atoms with van der Waals surface area (Å²) < 4.78 is 10.6. The van der Waals surface area contributed by atoms with Gasteiger partial charge in [0.25, 0.3) is 5.91 Å². The van der Waals surface area contributed by atoms with Crippen molar-refractivity contribution in [2.75, 3.05) is 19.5 Å². The molecule has 5 rings (SSSR count). The van der Waals surface area contributed by atoms with E-state index in [4.69, 9.17) is 9.47 Å². The van der Waals surface area contributed by atoms with E-state index in [2.05, 4.69) is 35.2 Å². The van der Waals surface area contributed by atoms with Crippen LogP contribution in [-0.2, 0) is 0 Å². The molecule has 0 saturated carbocycles. The van der Waals surface area contributed by atoms with Crippen molar-refractivity contribution in [3.8, 4) is 34.0 Å². The third kappa shape index (κ3) is 4.56. The Morgan fingerprint density at radius 3 is 2.33 bits per heavy atom. The zero-order valence-corrected chi connectivity index (χ0v) is 20.8. The summed E-state index contributed by atoms with van der Waals surface area (Å²) in [6.07, 6.45) is 6.41. The summed E-state index contributed by atoms with van der Waals surface area (Å²) in [5.74, 6) is 0.860. The lowest BCUT2D eigenvalue weighted by atomic mass is 9.99. The van der Waals surface area contributed by atoms with E-state index < -0.39 is 0 Å². The fourth-order valence-corrected chi connectivity index (χ4v) is 4.39. The highest BCUT2D eigenvalue weighted by Crippen LogP contribution is 2.33. The van der Waals surface area contributed by atoms with Gasteiger partial charge in [-0.2, -0.15) is 4.98 Å². The first-order chi connectivity index (χ1) is 17.4. The van der Waals surface area contributed by atoms with E-state index in [9.17, 15) is 4.79 Å². The third-order valence-electron chi connectivity index (χ3n) is 5.38. The number of pyridine rings is 3. The number of carbonyl (C=O) groups is 1. The minimum absolute atomic E-state index is 0.356. The van der Waals surface area contributed by atoms with Crippen molar-refractivity contribution in [1.29, 1.82) is 0 Å². The number of thiazole rings is 1. The van der Waals surface area contributed by atoms with Crippen LogP contribution in [0.3, 0.4) is 0 Å². The maximum Gasteiger partial charge on any atom is 0.259 e. The van der Waals surface area contributed by atoms with Gasteiger partial charge in [0, 0.05) is 28.7 Å². The van der Waals surface area contributed by atoms with Crippen LogP contribution in [-0.4, -0.2) is 50.0 Å². The summed E-state index contributed by atoms with van der Waals surface area (Å²) in [5, 5.41) is 3.24. The zero-order valence-electron chi connectivity index (χ0n) is 19.9. The highest BCUT2D eigenvalue weighted by Gasteiger charge is 2.19. The van der Waals surface area contributed by atoms with Gasteiger partial charge in [0.1, 0.15) is 17.2 Å². The van der Waals surface area contributed by atoms with Crippen LogP contribution in [0.15, 0.2) is 49.1 Å². The number of hydrogen-bond donors (Lipinski definition) is 1. The summed E-state index contributed by atoms with van der Waals surface area (Å²) >= 11 is 1.23. The molecule has 0 bridgehead atoms. The molecule has 0 atom stereocenters. The summed E-state index contributed by atoms with van der Waals surface area (Å²) in [5.41, 5.74) is 5.08. The van der Waals surface area contributed by atoms with Crippen molar-refractivity contribution in [3.63, 3.8) is 0 Å². The fourth-order valence-electron chi connectivity index (χ4n) is 3.60. The maximum atomic E-state index is 13.3. The Hall–Kier alpha value is -4.51. The van der Waals surface area contributed by atoms with Crippen molar-refractivity contribution in [2.24, 2.45) is 0 Å². The topological polar surface area (TPSA) is 125 Å². The predicted octanol–water partition coefficient (Wildman–Crippen LogP) is 4.49. The molecule has 0 spiro atoms. The monoisotopic (exact) mass is 499 g/mol. The van der Waals surface area contributed by atoms with E-state index in [1.165, 1.54) is 11.3 Å². The predicted molar refractivity (Wildman–Crippen MR) is 136 cm³/mol. The van der Waals surface area contributed by atoms with Gasteiger partial charge < -0.3 is 9.47 Å². The molecular formula is C25H21N7O3S. The van der Waals surface area contributed by atoms with Gasteiger partial charge in [-0.3, -0.25) is 25.1 Å². The number of nitrogens with zero attached hydrogens (tertiary/aromatic N) is 6. The van der Waals surface area contributed by atoms with Gasteiger partial charge in [-0.25, -0.2) is 9.97 Å². The molecule has 11 heteroatoms. The molecule has 5 heterocycles. The van der Waals surface area contributed by atoms with Crippen LogP contribution < -0.4 is 14.8 Å². The molecule has 180 valence electrons. The molecule has 0 aliphatic heterocycles. The molecule has 36 heavy (non-hydrogen) atoms. The number of carbonyl (C=O) groups excluding carboxylic acids is 1. The normalized spacial score (nSPS) is 10.9. The van der Waals surface area contributed by atoms with Crippen molar-refractivity contribution < 1.29 is 14.3 Å². The van der Waals surface area contributed by atoms with Crippen LogP contribution in [0.2, 0.25) is 0 Å². The van der Waals surface area contributed by atoms with Crippen molar-refractivity contribution in [2.45, 2.75) is 13.8 Å². The molecule has 1 N–H and O–H groups in total. The van der Waals surface area contributed by atoms with Crippen molar-refractivity contribution >= 4 is 32.9 Å². The summed E-state index contributed by atoms with van der Waals surface area (Å²) in [6, 6.07) is 7.34. The van der Waals surface area contributed by atoms with E-state index in [0.717, 1.165) is 17.0 Å². The summed E-state index contributed by atoms with van der Waals surface area (Å²) in [7, 11) is 3.15. The lowest BCUT2D eigenvalue weighted by Gasteiger charge is -2.13. The standard InChI is InChI=1S/C25H21N7O3S/c1-13-7-16(17-8-14(2)27-12-21(17)35-4)18(10-26-13)23(33)32-25-31-22-24(36-25)30-20(11-29-22)19-6-5-15(34-3)9-28-19/h5-12H,1-4H3,(H,29,31,32,33). The minimum atomic E-state index is -0.356. The second-order valence-corrected chi connectivity index (χ2v) is 8.82. The molecule has 0 radical (unpaired) electrons. The SMILES string of the molecule is COc1ccc(-c2cnc3nc(NC(=O)c4cnc(C)cc4-c4cc(C)ncc4OC)sc3n2)nc1. The van der Waals surface area contributed by atoms with Crippen LogP contribution in [0.5, 0.6) is 11.5 Å². The van der Waals surface area contributed by atoms with E-state index in [-0.39, 0.29) is 5.91 Å². The molecule has 0 unspecified atom stereocenters. The van der Waals surface area contributed by atoms with E-state index in [1.807, 2.05) is 26.0 Å². The Bertz CT molecular complexity index is 1590. The molecule has 10 nitrogen and oxygen atoms in total. The second kappa shape index (κ2) is 9.62. The number of nitrogens with one attached hydrogen (secondary N) is 1. The number of aryl methyl sites for hydroxylation is 2. The smallest absolute Gasteiger partial charge is 0.259 e. The highest BCUT2D eigenvalue weighted by atomic mass is 32.1. The van der Waals surface area contributed by atoms with Crippen LogP contribution in [0.4, 0.5) is 5.13 Å². The van der Waals surface area contributed by atoms with Gasteiger partial charge in [-0.05, 0) is 38.1 Å². The number of ether oxygens (including phenoxy) is 2. The molecule has 0 fully saturated rings. The van der Waals surface area contributed by atoms with E-state index >= 15 is 0 Å². The van der Waals surface area contributed by atoms with Gasteiger partial charge in [0.2, 0.25) is 0 Å². The number of methoxy groups -OCH3 is 2. The van der Waals surface area contributed by atoms with Gasteiger partial charge in [-0.1, -0.05) is 11.3 Å².